The standard InChI is InChI=1S/C36H32Cl3N5O3S/c1-4-46-31-17-23(13-15-30(31)47-19-24-12-14-26(37)18-29(24)39)33-32(34(45)41-27-10-7-8-21(2)16-27)22(3)40-35-42-36(43-44(33)35)48-20-25-9-5-6-11-28(25)38/h5-18,33H,4,19-20H2,1-3H3,(H,41,45)(H,40,42,43). The van der Waals surface area contributed by atoms with Crippen LogP contribution in [0.1, 0.15) is 42.1 Å². The van der Waals surface area contributed by atoms with Crippen molar-refractivity contribution >= 4 is 64.1 Å². The Hall–Kier alpha value is -4.15. The number of hydrogen-bond donors (Lipinski definition) is 2. The van der Waals surface area contributed by atoms with Crippen LogP contribution >= 0.6 is 46.6 Å². The Morgan fingerprint density at radius 2 is 1.75 bits per heavy atom. The zero-order valence-electron chi connectivity index (χ0n) is 26.4. The first-order chi connectivity index (χ1) is 23.2. The molecular formula is C36H32Cl3N5O3S. The highest BCUT2D eigenvalue weighted by atomic mass is 35.5. The van der Waals surface area contributed by atoms with Gasteiger partial charge < -0.3 is 20.1 Å². The van der Waals surface area contributed by atoms with Gasteiger partial charge in [0.15, 0.2) is 11.5 Å². The lowest BCUT2D eigenvalue weighted by Gasteiger charge is -2.29. The van der Waals surface area contributed by atoms with Crippen molar-refractivity contribution in [3.8, 4) is 11.5 Å². The summed E-state index contributed by atoms with van der Waals surface area (Å²) < 4.78 is 14.0. The number of carbonyl (C=O) groups is 1. The average molecular weight is 721 g/mol. The van der Waals surface area contributed by atoms with Gasteiger partial charge in [-0.05, 0) is 79.9 Å². The number of nitrogens with zero attached hydrogens (tertiary/aromatic N) is 3. The van der Waals surface area contributed by atoms with Crippen LogP contribution < -0.4 is 20.1 Å². The van der Waals surface area contributed by atoms with Gasteiger partial charge in [-0.2, -0.15) is 4.98 Å². The van der Waals surface area contributed by atoms with Gasteiger partial charge in [0.1, 0.15) is 12.6 Å². The lowest BCUT2D eigenvalue weighted by Crippen LogP contribution is -2.31. The normalized spacial score (nSPS) is 13.9. The number of carbonyl (C=O) groups excluding carboxylic acids is 1. The van der Waals surface area contributed by atoms with E-state index < -0.39 is 6.04 Å². The fourth-order valence-corrected chi connectivity index (χ4v) is 6.93. The van der Waals surface area contributed by atoms with Crippen LogP contribution in [0, 0.1) is 6.92 Å². The van der Waals surface area contributed by atoms with Gasteiger partial charge in [-0.1, -0.05) is 89.0 Å². The van der Waals surface area contributed by atoms with Crippen molar-refractivity contribution in [2.24, 2.45) is 0 Å². The number of halogens is 3. The van der Waals surface area contributed by atoms with E-state index in [2.05, 4.69) is 10.6 Å². The van der Waals surface area contributed by atoms with E-state index in [0.29, 0.717) is 67.0 Å². The number of aryl methyl sites for hydroxylation is 1. The number of thioether (sulfide) groups is 1. The molecule has 0 bridgehead atoms. The van der Waals surface area contributed by atoms with Crippen LogP contribution in [0.25, 0.3) is 0 Å². The second kappa shape index (κ2) is 15.0. The van der Waals surface area contributed by atoms with E-state index in [1.807, 2.05) is 93.6 Å². The van der Waals surface area contributed by atoms with Crippen LogP contribution in [-0.4, -0.2) is 27.3 Å². The Balaban J connectivity index is 1.36. The van der Waals surface area contributed by atoms with Gasteiger partial charge in [0.2, 0.25) is 11.1 Å². The fraction of sp³-hybridized carbons (Fsp3) is 0.194. The summed E-state index contributed by atoms with van der Waals surface area (Å²) >= 11 is 20.3. The van der Waals surface area contributed by atoms with Crippen LogP contribution in [-0.2, 0) is 17.2 Å². The molecule has 0 saturated carbocycles. The maximum Gasteiger partial charge on any atom is 0.255 e. The van der Waals surface area contributed by atoms with Crippen LogP contribution in [0.15, 0.2) is 101 Å². The summed E-state index contributed by atoms with van der Waals surface area (Å²) in [6.07, 6.45) is 0. The number of nitrogens with one attached hydrogen (secondary N) is 2. The van der Waals surface area contributed by atoms with Crippen molar-refractivity contribution in [1.82, 2.24) is 14.8 Å². The van der Waals surface area contributed by atoms with Gasteiger partial charge in [0, 0.05) is 37.8 Å². The molecule has 1 aliphatic rings. The minimum atomic E-state index is -0.632. The molecular weight excluding hydrogens is 689 g/mol. The van der Waals surface area contributed by atoms with Gasteiger partial charge in [0.05, 0.1) is 12.2 Å². The monoisotopic (exact) mass is 719 g/mol. The van der Waals surface area contributed by atoms with Crippen molar-refractivity contribution in [3.05, 3.63) is 134 Å². The number of benzene rings is 4. The van der Waals surface area contributed by atoms with Crippen molar-refractivity contribution in [2.45, 2.75) is 44.3 Å². The van der Waals surface area contributed by atoms with E-state index in [4.69, 9.17) is 54.4 Å². The third-order valence-corrected chi connectivity index (χ3v) is 9.49. The van der Waals surface area contributed by atoms with E-state index in [9.17, 15) is 4.79 Å². The van der Waals surface area contributed by atoms with E-state index in [1.165, 1.54) is 11.8 Å². The SMILES string of the molecule is CCOc1cc(C2C(C(=O)Nc3cccc(C)c3)=C(C)Nc3nc(SCc4ccccc4Cl)nn32)ccc1OCc1ccc(Cl)cc1Cl. The lowest BCUT2D eigenvalue weighted by atomic mass is 9.94. The van der Waals surface area contributed by atoms with Gasteiger partial charge in [0.25, 0.3) is 5.91 Å². The Morgan fingerprint density at radius 1 is 0.917 bits per heavy atom. The molecule has 48 heavy (non-hydrogen) atoms. The summed E-state index contributed by atoms with van der Waals surface area (Å²) in [4.78, 5) is 18.8. The third-order valence-electron chi connectivity index (χ3n) is 7.65. The number of rotatable bonds is 11. The number of ether oxygens (including phenoxy) is 2. The highest BCUT2D eigenvalue weighted by Gasteiger charge is 2.35. The van der Waals surface area contributed by atoms with Crippen LogP contribution in [0.2, 0.25) is 15.1 Å². The van der Waals surface area contributed by atoms with Gasteiger partial charge in [-0.3, -0.25) is 4.79 Å². The smallest absolute Gasteiger partial charge is 0.255 e. The molecule has 8 nitrogen and oxygen atoms in total. The highest BCUT2D eigenvalue weighted by molar-refractivity contribution is 7.98. The van der Waals surface area contributed by atoms with Gasteiger partial charge in [-0.25, -0.2) is 4.68 Å². The predicted molar refractivity (Wildman–Crippen MR) is 194 cm³/mol. The number of hydrogen-bond acceptors (Lipinski definition) is 7. The number of anilines is 2. The molecule has 1 unspecified atom stereocenters. The molecule has 12 heteroatoms. The van der Waals surface area contributed by atoms with Crippen LogP contribution in [0.4, 0.5) is 11.6 Å². The Bertz CT molecular complexity index is 2010. The van der Waals surface area contributed by atoms with E-state index in [-0.39, 0.29) is 12.5 Å². The summed E-state index contributed by atoms with van der Waals surface area (Å²) in [7, 11) is 0. The van der Waals surface area contributed by atoms with Crippen molar-refractivity contribution in [3.63, 3.8) is 0 Å². The van der Waals surface area contributed by atoms with Crippen molar-refractivity contribution in [1.29, 1.82) is 0 Å². The summed E-state index contributed by atoms with van der Waals surface area (Å²) in [5.74, 6) is 1.88. The van der Waals surface area contributed by atoms with E-state index in [1.54, 1.807) is 16.8 Å². The zero-order chi connectivity index (χ0) is 33.8. The molecule has 1 amide bonds. The molecule has 0 spiro atoms. The van der Waals surface area contributed by atoms with E-state index >= 15 is 0 Å². The number of amides is 1. The molecule has 0 saturated heterocycles. The second-order valence-corrected chi connectivity index (χ2v) is 13.3. The Labute approximate surface area is 298 Å². The van der Waals surface area contributed by atoms with E-state index in [0.717, 1.165) is 22.3 Å². The number of allylic oxidation sites excluding steroid dienone is 1. The number of aromatic nitrogens is 3. The first-order valence-corrected chi connectivity index (χ1v) is 17.3. The minimum Gasteiger partial charge on any atom is -0.490 e. The minimum absolute atomic E-state index is 0.213. The second-order valence-electron chi connectivity index (χ2n) is 11.1. The molecule has 1 aromatic heterocycles. The molecule has 4 aromatic carbocycles. The molecule has 6 rings (SSSR count). The Morgan fingerprint density at radius 3 is 2.52 bits per heavy atom. The summed E-state index contributed by atoms with van der Waals surface area (Å²) in [5.41, 5.74) is 5.40. The summed E-state index contributed by atoms with van der Waals surface area (Å²) in [6, 6.07) is 25.6. The van der Waals surface area contributed by atoms with Crippen LogP contribution in [0.5, 0.6) is 11.5 Å². The quantitative estimate of drug-likeness (QED) is 0.131. The Kier molecular flexibility index (Phi) is 10.5. The van der Waals surface area contributed by atoms with Gasteiger partial charge >= 0.3 is 0 Å². The molecule has 246 valence electrons. The first kappa shape index (κ1) is 33.7. The molecule has 1 aliphatic heterocycles. The summed E-state index contributed by atoms with van der Waals surface area (Å²) in [6.45, 7) is 6.36. The van der Waals surface area contributed by atoms with Gasteiger partial charge in [-0.15, -0.1) is 5.10 Å². The van der Waals surface area contributed by atoms with Crippen molar-refractivity contribution < 1.29 is 14.3 Å². The molecule has 0 fully saturated rings. The topological polar surface area (TPSA) is 90.3 Å². The number of fused-ring (bicyclic) bond motifs is 1. The molecule has 2 heterocycles. The third kappa shape index (κ3) is 7.60. The fourth-order valence-electron chi connectivity index (χ4n) is 5.35. The maximum absolute atomic E-state index is 14.1. The average Bonchev–Trinajstić information content (AvgIpc) is 3.46. The lowest BCUT2D eigenvalue weighted by molar-refractivity contribution is -0.113. The maximum atomic E-state index is 14.1. The molecule has 1 atom stereocenters. The predicted octanol–water partition coefficient (Wildman–Crippen LogP) is 9.74. The zero-order valence-corrected chi connectivity index (χ0v) is 29.5. The highest BCUT2D eigenvalue weighted by Crippen LogP contribution is 2.41. The molecule has 5 aromatic rings. The van der Waals surface area contributed by atoms with Crippen molar-refractivity contribution in [2.75, 3.05) is 17.2 Å². The molecule has 2 N–H and O–H groups in total. The largest absolute Gasteiger partial charge is 0.490 e. The van der Waals surface area contributed by atoms with Crippen LogP contribution in [0.3, 0.4) is 0 Å². The molecule has 0 radical (unpaired) electrons. The first-order valence-electron chi connectivity index (χ1n) is 15.2. The molecule has 0 aliphatic carbocycles. The summed E-state index contributed by atoms with van der Waals surface area (Å²) in [5, 5.41) is 13.6.